The maximum Gasteiger partial charge on any atom is 0.231 e. The fourth-order valence-corrected chi connectivity index (χ4v) is 1.62. The molecule has 0 bridgehead atoms. The van der Waals surface area contributed by atoms with E-state index < -0.39 is 0 Å². The number of hydrogen-bond acceptors (Lipinski definition) is 3. The molecule has 1 aromatic carbocycles. The van der Waals surface area contributed by atoms with Crippen LogP contribution in [-0.2, 0) is 6.42 Å². The van der Waals surface area contributed by atoms with E-state index in [-0.39, 0.29) is 0 Å². The lowest BCUT2D eigenvalue weighted by Gasteiger charge is -2.08. The maximum absolute atomic E-state index is 5.31. The lowest BCUT2D eigenvalue weighted by atomic mass is 10.1. The van der Waals surface area contributed by atoms with Crippen LogP contribution in [0.25, 0.3) is 0 Å². The van der Waals surface area contributed by atoms with Crippen LogP contribution in [0.1, 0.15) is 18.9 Å². The maximum atomic E-state index is 5.31. The Kier molecular flexibility index (Phi) is 2.48. The first-order chi connectivity index (χ1) is 6.85. The molecule has 1 aliphatic heterocycles. The third-order valence-corrected chi connectivity index (χ3v) is 2.29. The largest absolute Gasteiger partial charge is 0.496 e. The number of benzene rings is 1. The highest BCUT2D eigenvalue weighted by Gasteiger charge is 2.16. The van der Waals surface area contributed by atoms with Gasteiger partial charge in [0.1, 0.15) is 5.75 Å². The van der Waals surface area contributed by atoms with E-state index in [1.165, 1.54) is 5.56 Å². The predicted octanol–water partition coefficient (Wildman–Crippen LogP) is 2.38. The van der Waals surface area contributed by atoms with Crippen LogP contribution in [0, 0.1) is 0 Å². The molecule has 1 aliphatic rings. The molecule has 76 valence electrons. The first-order valence-corrected chi connectivity index (χ1v) is 4.81. The minimum atomic E-state index is 0.314. The Morgan fingerprint density at radius 2 is 2.00 bits per heavy atom. The molecule has 0 spiro atoms. The molecule has 0 saturated heterocycles. The van der Waals surface area contributed by atoms with Gasteiger partial charge in [-0.2, -0.15) is 0 Å². The lowest BCUT2D eigenvalue weighted by molar-refractivity contribution is 0.174. The van der Waals surface area contributed by atoms with Gasteiger partial charge in [0.15, 0.2) is 11.5 Å². The van der Waals surface area contributed by atoms with Crippen molar-refractivity contribution in [2.24, 2.45) is 0 Å². The zero-order valence-corrected chi connectivity index (χ0v) is 8.50. The highest BCUT2D eigenvalue weighted by molar-refractivity contribution is 5.51. The normalized spacial score (nSPS) is 13.0. The molecular weight excluding hydrogens is 180 g/mol. The van der Waals surface area contributed by atoms with Crippen molar-refractivity contribution in [3.63, 3.8) is 0 Å². The van der Waals surface area contributed by atoms with E-state index in [1.807, 2.05) is 12.1 Å². The number of aryl methyl sites for hydroxylation is 1. The predicted molar refractivity (Wildman–Crippen MR) is 53.1 cm³/mol. The first-order valence-electron chi connectivity index (χ1n) is 4.81. The number of methoxy groups -OCH3 is 1. The van der Waals surface area contributed by atoms with Gasteiger partial charge >= 0.3 is 0 Å². The average molecular weight is 194 g/mol. The van der Waals surface area contributed by atoms with Crippen LogP contribution in [0.3, 0.4) is 0 Å². The van der Waals surface area contributed by atoms with Gasteiger partial charge < -0.3 is 14.2 Å². The Bertz CT molecular complexity index is 334. The summed E-state index contributed by atoms with van der Waals surface area (Å²) >= 11 is 0. The van der Waals surface area contributed by atoms with Gasteiger partial charge in [0.2, 0.25) is 6.79 Å². The van der Waals surface area contributed by atoms with Crippen molar-refractivity contribution in [3.05, 3.63) is 17.7 Å². The van der Waals surface area contributed by atoms with E-state index in [9.17, 15) is 0 Å². The summed E-state index contributed by atoms with van der Waals surface area (Å²) < 4.78 is 15.9. The van der Waals surface area contributed by atoms with Gasteiger partial charge in [-0.1, -0.05) is 13.3 Å². The fraction of sp³-hybridized carbons (Fsp3) is 0.455. The molecule has 0 saturated carbocycles. The summed E-state index contributed by atoms with van der Waals surface area (Å²) in [5, 5.41) is 0. The van der Waals surface area contributed by atoms with Gasteiger partial charge in [-0.25, -0.2) is 0 Å². The van der Waals surface area contributed by atoms with E-state index in [4.69, 9.17) is 14.2 Å². The Labute approximate surface area is 83.6 Å². The van der Waals surface area contributed by atoms with E-state index in [2.05, 4.69) is 6.92 Å². The molecule has 0 N–H and O–H groups in total. The van der Waals surface area contributed by atoms with E-state index in [0.29, 0.717) is 6.79 Å². The summed E-state index contributed by atoms with van der Waals surface area (Å²) in [7, 11) is 1.68. The Morgan fingerprint density at radius 1 is 1.29 bits per heavy atom. The molecule has 0 aliphatic carbocycles. The summed E-state index contributed by atoms with van der Waals surface area (Å²) in [6.45, 7) is 2.46. The summed E-state index contributed by atoms with van der Waals surface area (Å²) in [5.74, 6) is 2.49. The zero-order chi connectivity index (χ0) is 9.97. The Morgan fingerprint density at radius 3 is 2.64 bits per heavy atom. The minimum Gasteiger partial charge on any atom is -0.496 e. The minimum absolute atomic E-state index is 0.314. The molecule has 0 unspecified atom stereocenters. The van der Waals surface area contributed by atoms with Gasteiger partial charge in [-0.3, -0.25) is 0 Å². The first kappa shape index (κ1) is 9.19. The molecule has 0 radical (unpaired) electrons. The van der Waals surface area contributed by atoms with Crippen molar-refractivity contribution in [2.75, 3.05) is 13.9 Å². The molecule has 0 aromatic heterocycles. The molecule has 14 heavy (non-hydrogen) atoms. The monoisotopic (exact) mass is 194 g/mol. The van der Waals surface area contributed by atoms with E-state index >= 15 is 0 Å². The number of rotatable bonds is 3. The van der Waals surface area contributed by atoms with E-state index in [1.54, 1.807) is 7.11 Å². The molecule has 1 aromatic rings. The van der Waals surface area contributed by atoms with Crippen molar-refractivity contribution in [2.45, 2.75) is 19.8 Å². The lowest BCUT2D eigenvalue weighted by Crippen LogP contribution is -1.92. The van der Waals surface area contributed by atoms with Crippen molar-refractivity contribution >= 4 is 0 Å². The molecular formula is C11H14O3. The average Bonchev–Trinajstić information content (AvgIpc) is 2.64. The standard InChI is InChI=1S/C11H14O3/c1-3-4-8-5-10-11(14-7-13-10)6-9(8)12-2/h5-6H,3-4,7H2,1-2H3. The van der Waals surface area contributed by atoms with Gasteiger partial charge in [0, 0.05) is 6.07 Å². The molecule has 0 atom stereocenters. The second-order valence-electron chi connectivity index (χ2n) is 3.27. The van der Waals surface area contributed by atoms with Crippen LogP contribution < -0.4 is 14.2 Å². The van der Waals surface area contributed by atoms with Crippen LogP contribution >= 0.6 is 0 Å². The highest BCUT2D eigenvalue weighted by atomic mass is 16.7. The third-order valence-electron chi connectivity index (χ3n) is 2.29. The third kappa shape index (κ3) is 1.50. The van der Waals surface area contributed by atoms with Crippen LogP contribution in [0.5, 0.6) is 17.2 Å². The topological polar surface area (TPSA) is 27.7 Å². The summed E-state index contributed by atoms with van der Waals surface area (Å²) in [6, 6.07) is 3.90. The van der Waals surface area contributed by atoms with Gasteiger partial charge in [-0.05, 0) is 18.1 Å². The summed E-state index contributed by atoms with van der Waals surface area (Å²) in [4.78, 5) is 0. The molecule has 0 amide bonds. The van der Waals surface area contributed by atoms with Crippen LogP contribution in [0.15, 0.2) is 12.1 Å². The smallest absolute Gasteiger partial charge is 0.231 e. The number of hydrogen-bond donors (Lipinski definition) is 0. The SMILES string of the molecule is CCCc1cc2c(cc1OC)OCO2. The molecule has 0 fully saturated rings. The Balaban J connectivity index is 2.38. The van der Waals surface area contributed by atoms with Crippen LogP contribution in [0.4, 0.5) is 0 Å². The van der Waals surface area contributed by atoms with Gasteiger partial charge in [0.25, 0.3) is 0 Å². The van der Waals surface area contributed by atoms with Crippen molar-refractivity contribution in [3.8, 4) is 17.2 Å². The second kappa shape index (κ2) is 3.78. The highest BCUT2D eigenvalue weighted by Crippen LogP contribution is 2.38. The molecule has 3 heteroatoms. The van der Waals surface area contributed by atoms with Gasteiger partial charge in [0.05, 0.1) is 7.11 Å². The fourth-order valence-electron chi connectivity index (χ4n) is 1.62. The summed E-state index contributed by atoms with van der Waals surface area (Å²) in [5.41, 5.74) is 1.18. The van der Waals surface area contributed by atoms with Crippen molar-refractivity contribution < 1.29 is 14.2 Å². The summed E-state index contributed by atoms with van der Waals surface area (Å²) in [6.07, 6.45) is 2.09. The van der Waals surface area contributed by atoms with Gasteiger partial charge in [-0.15, -0.1) is 0 Å². The van der Waals surface area contributed by atoms with Crippen molar-refractivity contribution in [1.82, 2.24) is 0 Å². The second-order valence-corrected chi connectivity index (χ2v) is 3.27. The zero-order valence-electron chi connectivity index (χ0n) is 8.50. The molecule has 2 rings (SSSR count). The van der Waals surface area contributed by atoms with E-state index in [0.717, 1.165) is 30.1 Å². The quantitative estimate of drug-likeness (QED) is 0.739. The van der Waals surface area contributed by atoms with Crippen LogP contribution in [0.2, 0.25) is 0 Å². The molecule has 1 heterocycles. The Hall–Kier alpha value is -1.38. The van der Waals surface area contributed by atoms with Crippen LogP contribution in [-0.4, -0.2) is 13.9 Å². The number of ether oxygens (including phenoxy) is 3. The number of fused-ring (bicyclic) bond motifs is 1. The molecule has 3 nitrogen and oxygen atoms in total. The van der Waals surface area contributed by atoms with Crippen molar-refractivity contribution in [1.29, 1.82) is 0 Å².